The van der Waals surface area contributed by atoms with E-state index in [0.29, 0.717) is 24.5 Å². The second-order valence-corrected chi connectivity index (χ2v) is 5.08. The molecule has 102 valence electrons. The number of nitrogens with one attached hydrogen (secondary N) is 1. The number of aryl methyl sites for hydroxylation is 1. The number of hydrogen-bond donors (Lipinski definition) is 2. The van der Waals surface area contributed by atoms with Crippen molar-refractivity contribution in [3.05, 3.63) is 34.0 Å². The first-order chi connectivity index (χ1) is 9.10. The van der Waals surface area contributed by atoms with Crippen LogP contribution in [0.1, 0.15) is 17.6 Å². The van der Waals surface area contributed by atoms with E-state index < -0.39 is 5.82 Å². The summed E-state index contributed by atoms with van der Waals surface area (Å²) < 4.78 is 18.7. The largest absolute Gasteiger partial charge is 0.491 e. The van der Waals surface area contributed by atoms with Crippen molar-refractivity contribution >= 4 is 22.7 Å². The van der Waals surface area contributed by atoms with Crippen LogP contribution in [-0.2, 0) is 6.54 Å². The maximum Gasteiger partial charge on any atom is 0.167 e. The molecule has 0 bridgehead atoms. The van der Waals surface area contributed by atoms with Crippen LogP contribution in [0, 0.1) is 12.7 Å². The quantitative estimate of drug-likeness (QED) is 0.826. The molecule has 1 aromatic heterocycles. The number of halogens is 1. The number of nitrogens with two attached hydrogens (primary N) is 1. The maximum absolute atomic E-state index is 13.5. The van der Waals surface area contributed by atoms with E-state index in [-0.39, 0.29) is 5.75 Å². The summed E-state index contributed by atoms with van der Waals surface area (Å²) in [5.41, 5.74) is 7.72. The molecule has 1 heterocycles. The summed E-state index contributed by atoms with van der Waals surface area (Å²) >= 11 is 1.59. The van der Waals surface area contributed by atoms with Crippen LogP contribution >= 0.6 is 11.3 Å². The summed E-state index contributed by atoms with van der Waals surface area (Å²) in [7, 11) is 0. The van der Waals surface area contributed by atoms with Crippen molar-refractivity contribution in [2.75, 3.05) is 17.7 Å². The summed E-state index contributed by atoms with van der Waals surface area (Å²) in [5, 5.41) is 6.13. The first kappa shape index (κ1) is 13.6. The fraction of sp³-hybridized carbons (Fsp3) is 0.308. The third-order valence-electron chi connectivity index (χ3n) is 2.53. The molecule has 0 aliphatic heterocycles. The predicted molar refractivity (Wildman–Crippen MR) is 76.2 cm³/mol. The van der Waals surface area contributed by atoms with Crippen LogP contribution in [-0.4, -0.2) is 11.6 Å². The number of nitrogen functional groups attached to an aromatic ring is 1. The van der Waals surface area contributed by atoms with Crippen LogP contribution in [0.4, 0.5) is 15.8 Å². The van der Waals surface area contributed by atoms with Gasteiger partial charge in [-0.1, -0.05) is 0 Å². The van der Waals surface area contributed by atoms with Gasteiger partial charge in [-0.3, -0.25) is 0 Å². The average Bonchev–Trinajstić information content (AvgIpc) is 2.77. The number of benzene rings is 1. The molecule has 0 unspecified atom stereocenters. The molecule has 2 aromatic rings. The Morgan fingerprint density at radius 2 is 2.26 bits per heavy atom. The molecule has 0 fully saturated rings. The van der Waals surface area contributed by atoms with E-state index in [1.807, 2.05) is 12.3 Å². The molecule has 0 atom stereocenters. The van der Waals surface area contributed by atoms with Crippen LogP contribution in [0.25, 0.3) is 0 Å². The summed E-state index contributed by atoms with van der Waals surface area (Å²) in [5.74, 6) is -0.247. The smallest absolute Gasteiger partial charge is 0.167 e. The van der Waals surface area contributed by atoms with Gasteiger partial charge < -0.3 is 15.8 Å². The number of thiazole rings is 1. The van der Waals surface area contributed by atoms with Gasteiger partial charge >= 0.3 is 0 Å². The van der Waals surface area contributed by atoms with Gasteiger partial charge in [0.05, 0.1) is 35.2 Å². The molecule has 0 amide bonds. The van der Waals surface area contributed by atoms with E-state index in [1.54, 1.807) is 24.3 Å². The average molecular weight is 281 g/mol. The van der Waals surface area contributed by atoms with Crippen molar-refractivity contribution in [3.63, 3.8) is 0 Å². The third kappa shape index (κ3) is 3.35. The van der Waals surface area contributed by atoms with Crippen molar-refractivity contribution in [2.24, 2.45) is 0 Å². The van der Waals surface area contributed by atoms with Crippen LogP contribution in [0.3, 0.4) is 0 Å². The van der Waals surface area contributed by atoms with Gasteiger partial charge in [0.1, 0.15) is 0 Å². The van der Waals surface area contributed by atoms with Gasteiger partial charge in [-0.05, 0) is 13.8 Å². The zero-order valence-electron chi connectivity index (χ0n) is 10.9. The van der Waals surface area contributed by atoms with Crippen LogP contribution in [0.15, 0.2) is 17.5 Å². The summed E-state index contributed by atoms with van der Waals surface area (Å²) in [4.78, 5) is 4.34. The standard InChI is InChI=1S/C13H16FN3OS/c1-3-18-13-5-12(11(15)4-10(13)14)16-6-9-7-19-8(2)17-9/h4-5,7,16H,3,6,15H2,1-2H3. The molecule has 0 aliphatic rings. The molecule has 6 heteroatoms. The van der Waals surface area contributed by atoms with E-state index in [1.165, 1.54) is 6.07 Å². The number of aromatic nitrogens is 1. The first-order valence-corrected chi connectivity index (χ1v) is 6.84. The Hall–Kier alpha value is -1.82. The third-order valence-corrected chi connectivity index (χ3v) is 3.35. The Kier molecular flexibility index (Phi) is 4.21. The number of ether oxygens (including phenoxy) is 1. The van der Waals surface area contributed by atoms with E-state index in [2.05, 4.69) is 10.3 Å². The normalized spacial score (nSPS) is 10.5. The van der Waals surface area contributed by atoms with Gasteiger partial charge in [0.25, 0.3) is 0 Å². The van der Waals surface area contributed by atoms with E-state index in [4.69, 9.17) is 10.5 Å². The molecule has 2 rings (SSSR count). The van der Waals surface area contributed by atoms with Gasteiger partial charge in [0.2, 0.25) is 0 Å². The van der Waals surface area contributed by atoms with E-state index in [9.17, 15) is 4.39 Å². The Morgan fingerprint density at radius 3 is 2.89 bits per heavy atom. The van der Waals surface area contributed by atoms with Gasteiger partial charge in [-0.15, -0.1) is 11.3 Å². The highest BCUT2D eigenvalue weighted by molar-refractivity contribution is 7.09. The van der Waals surface area contributed by atoms with Crippen molar-refractivity contribution in [2.45, 2.75) is 20.4 Å². The lowest BCUT2D eigenvalue weighted by atomic mass is 10.2. The molecular formula is C13H16FN3OS. The van der Waals surface area contributed by atoms with E-state index >= 15 is 0 Å². The molecule has 0 spiro atoms. The molecule has 19 heavy (non-hydrogen) atoms. The Labute approximate surface area is 115 Å². The lowest BCUT2D eigenvalue weighted by Crippen LogP contribution is -2.05. The highest BCUT2D eigenvalue weighted by atomic mass is 32.1. The highest BCUT2D eigenvalue weighted by Crippen LogP contribution is 2.28. The molecule has 3 N–H and O–H groups in total. The highest BCUT2D eigenvalue weighted by Gasteiger charge is 2.09. The second kappa shape index (κ2) is 5.88. The molecule has 0 radical (unpaired) electrons. The van der Waals surface area contributed by atoms with Crippen LogP contribution < -0.4 is 15.8 Å². The predicted octanol–water partition coefficient (Wildman–Crippen LogP) is 3.18. The van der Waals surface area contributed by atoms with Crippen LogP contribution in [0.5, 0.6) is 5.75 Å². The number of nitrogens with zero attached hydrogens (tertiary/aromatic N) is 1. The minimum absolute atomic E-state index is 0.202. The number of anilines is 2. The summed E-state index contributed by atoms with van der Waals surface area (Å²) in [6.45, 7) is 4.71. The van der Waals surface area contributed by atoms with Gasteiger partial charge in [-0.25, -0.2) is 9.37 Å². The van der Waals surface area contributed by atoms with Crippen molar-refractivity contribution in [1.82, 2.24) is 4.98 Å². The van der Waals surface area contributed by atoms with E-state index in [0.717, 1.165) is 10.7 Å². The fourth-order valence-electron chi connectivity index (χ4n) is 1.66. The zero-order chi connectivity index (χ0) is 13.8. The van der Waals surface area contributed by atoms with Crippen molar-refractivity contribution in [3.8, 4) is 5.75 Å². The Morgan fingerprint density at radius 1 is 1.47 bits per heavy atom. The second-order valence-electron chi connectivity index (χ2n) is 4.01. The molecular weight excluding hydrogens is 265 g/mol. The molecule has 4 nitrogen and oxygen atoms in total. The molecule has 0 aliphatic carbocycles. The lowest BCUT2D eigenvalue weighted by molar-refractivity contribution is 0.322. The van der Waals surface area contributed by atoms with Gasteiger partial charge in [0, 0.05) is 17.5 Å². The Bertz CT molecular complexity index is 571. The first-order valence-electron chi connectivity index (χ1n) is 5.97. The molecule has 0 saturated heterocycles. The topological polar surface area (TPSA) is 60.2 Å². The summed E-state index contributed by atoms with van der Waals surface area (Å²) in [6, 6.07) is 2.84. The SMILES string of the molecule is CCOc1cc(NCc2csc(C)n2)c(N)cc1F. The zero-order valence-corrected chi connectivity index (χ0v) is 11.7. The summed E-state index contributed by atoms with van der Waals surface area (Å²) in [6.07, 6.45) is 0. The number of hydrogen-bond acceptors (Lipinski definition) is 5. The minimum Gasteiger partial charge on any atom is -0.491 e. The maximum atomic E-state index is 13.5. The fourth-order valence-corrected chi connectivity index (χ4v) is 2.28. The van der Waals surface area contributed by atoms with Gasteiger partial charge in [0.15, 0.2) is 11.6 Å². The Balaban J connectivity index is 2.13. The minimum atomic E-state index is -0.450. The molecule has 0 saturated carbocycles. The van der Waals surface area contributed by atoms with Crippen LogP contribution in [0.2, 0.25) is 0 Å². The lowest BCUT2D eigenvalue weighted by Gasteiger charge is -2.11. The monoisotopic (exact) mass is 281 g/mol. The van der Waals surface area contributed by atoms with Crippen molar-refractivity contribution in [1.29, 1.82) is 0 Å². The van der Waals surface area contributed by atoms with Gasteiger partial charge in [-0.2, -0.15) is 0 Å². The van der Waals surface area contributed by atoms with Crippen molar-refractivity contribution < 1.29 is 9.13 Å². The molecule has 1 aromatic carbocycles. The number of rotatable bonds is 5.